The highest BCUT2D eigenvalue weighted by atomic mass is 16.5. The molecule has 0 aromatic heterocycles. The van der Waals surface area contributed by atoms with E-state index in [1.807, 2.05) is 0 Å². The molecule has 0 aliphatic carbocycles. The van der Waals surface area contributed by atoms with E-state index in [-0.39, 0.29) is 0 Å². The van der Waals surface area contributed by atoms with Crippen molar-refractivity contribution in [2.75, 3.05) is 26.8 Å². The zero-order valence-corrected chi connectivity index (χ0v) is 10.7. The van der Waals surface area contributed by atoms with Crippen molar-refractivity contribution in [2.24, 2.45) is 0 Å². The molecule has 0 bridgehead atoms. The fourth-order valence-electron chi connectivity index (χ4n) is 1.80. The van der Waals surface area contributed by atoms with Gasteiger partial charge in [0.2, 0.25) is 0 Å². The Morgan fingerprint density at radius 1 is 1.38 bits per heavy atom. The SMILES string of the molecule is CCN(CCCCCC(=O)O)C(C)COC. The maximum Gasteiger partial charge on any atom is 0.303 e. The van der Waals surface area contributed by atoms with E-state index < -0.39 is 5.97 Å². The standard InChI is InChI=1S/C12H25NO3/c1-4-13(11(2)10-16-3)9-7-5-6-8-12(14)15/h11H,4-10H2,1-3H3,(H,14,15). The molecule has 1 N–H and O–H groups in total. The van der Waals surface area contributed by atoms with Crippen LogP contribution in [0, 0.1) is 0 Å². The molecule has 4 nitrogen and oxygen atoms in total. The number of likely N-dealkylation sites (N-methyl/N-ethyl adjacent to an activating group) is 1. The molecule has 0 spiro atoms. The molecular formula is C12H25NO3. The van der Waals surface area contributed by atoms with E-state index >= 15 is 0 Å². The number of hydrogen-bond donors (Lipinski definition) is 1. The van der Waals surface area contributed by atoms with Crippen molar-refractivity contribution in [3.8, 4) is 0 Å². The Labute approximate surface area is 98.6 Å². The van der Waals surface area contributed by atoms with Crippen LogP contribution in [-0.4, -0.2) is 48.8 Å². The van der Waals surface area contributed by atoms with Gasteiger partial charge in [-0.1, -0.05) is 13.3 Å². The fraction of sp³-hybridized carbons (Fsp3) is 0.917. The summed E-state index contributed by atoms with van der Waals surface area (Å²) >= 11 is 0. The van der Waals surface area contributed by atoms with Gasteiger partial charge in [-0.05, 0) is 32.9 Å². The molecule has 0 saturated heterocycles. The molecule has 0 amide bonds. The molecule has 0 aromatic carbocycles. The first-order valence-electron chi connectivity index (χ1n) is 6.06. The van der Waals surface area contributed by atoms with Crippen molar-refractivity contribution in [3.63, 3.8) is 0 Å². The second-order valence-electron chi connectivity index (χ2n) is 4.14. The zero-order chi connectivity index (χ0) is 12.4. The molecule has 0 aliphatic heterocycles. The number of nitrogens with zero attached hydrogens (tertiary/aromatic N) is 1. The average Bonchev–Trinajstić information content (AvgIpc) is 2.23. The van der Waals surface area contributed by atoms with Crippen LogP contribution in [0.2, 0.25) is 0 Å². The van der Waals surface area contributed by atoms with Gasteiger partial charge >= 0.3 is 5.97 Å². The van der Waals surface area contributed by atoms with E-state index in [0.717, 1.165) is 39.0 Å². The van der Waals surface area contributed by atoms with Crippen molar-refractivity contribution < 1.29 is 14.6 Å². The third-order valence-corrected chi connectivity index (χ3v) is 2.77. The van der Waals surface area contributed by atoms with E-state index in [2.05, 4.69) is 18.7 Å². The Morgan fingerprint density at radius 2 is 2.06 bits per heavy atom. The van der Waals surface area contributed by atoms with Gasteiger partial charge in [-0.2, -0.15) is 0 Å². The molecule has 0 radical (unpaired) electrons. The normalized spacial score (nSPS) is 13.0. The summed E-state index contributed by atoms with van der Waals surface area (Å²) in [6.45, 7) is 7.10. The number of ether oxygens (including phenoxy) is 1. The maximum atomic E-state index is 10.3. The Balaban J connectivity index is 3.58. The highest BCUT2D eigenvalue weighted by molar-refractivity contribution is 5.66. The van der Waals surface area contributed by atoms with Gasteiger partial charge in [0, 0.05) is 19.6 Å². The Hall–Kier alpha value is -0.610. The van der Waals surface area contributed by atoms with Crippen molar-refractivity contribution in [1.82, 2.24) is 4.90 Å². The van der Waals surface area contributed by atoms with Gasteiger partial charge in [0.05, 0.1) is 6.61 Å². The molecule has 16 heavy (non-hydrogen) atoms. The molecule has 0 fully saturated rings. The lowest BCUT2D eigenvalue weighted by atomic mass is 10.1. The predicted octanol–water partition coefficient (Wildman–Crippen LogP) is 1.99. The molecule has 1 unspecified atom stereocenters. The van der Waals surface area contributed by atoms with Gasteiger partial charge in [-0.3, -0.25) is 9.69 Å². The van der Waals surface area contributed by atoms with Gasteiger partial charge in [0.1, 0.15) is 0 Å². The maximum absolute atomic E-state index is 10.3. The topological polar surface area (TPSA) is 49.8 Å². The summed E-state index contributed by atoms with van der Waals surface area (Å²) in [5.41, 5.74) is 0. The number of rotatable bonds is 10. The number of unbranched alkanes of at least 4 members (excludes halogenated alkanes) is 2. The predicted molar refractivity (Wildman–Crippen MR) is 64.7 cm³/mol. The number of carboxylic acid groups (broad SMARTS) is 1. The number of aliphatic carboxylic acids is 1. The van der Waals surface area contributed by atoms with Crippen LogP contribution in [0.3, 0.4) is 0 Å². The van der Waals surface area contributed by atoms with Gasteiger partial charge in [0.25, 0.3) is 0 Å². The summed E-state index contributed by atoms with van der Waals surface area (Å²) in [5.74, 6) is -0.694. The van der Waals surface area contributed by atoms with Crippen LogP contribution in [0.25, 0.3) is 0 Å². The quantitative estimate of drug-likeness (QED) is 0.584. The molecule has 96 valence electrons. The molecule has 0 heterocycles. The van der Waals surface area contributed by atoms with Crippen LogP contribution in [-0.2, 0) is 9.53 Å². The molecule has 0 rings (SSSR count). The lowest BCUT2D eigenvalue weighted by molar-refractivity contribution is -0.137. The largest absolute Gasteiger partial charge is 0.481 e. The minimum absolute atomic E-state index is 0.291. The molecular weight excluding hydrogens is 206 g/mol. The van der Waals surface area contributed by atoms with Crippen LogP contribution in [0.15, 0.2) is 0 Å². The molecule has 1 atom stereocenters. The Morgan fingerprint density at radius 3 is 2.56 bits per heavy atom. The van der Waals surface area contributed by atoms with Gasteiger partial charge in [0.15, 0.2) is 0 Å². The second-order valence-corrected chi connectivity index (χ2v) is 4.14. The van der Waals surface area contributed by atoms with Crippen molar-refractivity contribution in [3.05, 3.63) is 0 Å². The summed E-state index contributed by atoms with van der Waals surface area (Å²) < 4.78 is 5.13. The fourth-order valence-corrected chi connectivity index (χ4v) is 1.80. The van der Waals surface area contributed by atoms with E-state index in [0.29, 0.717) is 12.5 Å². The smallest absolute Gasteiger partial charge is 0.303 e. The highest BCUT2D eigenvalue weighted by Gasteiger charge is 2.10. The van der Waals surface area contributed by atoms with E-state index in [1.54, 1.807) is 7.11 Å². The number of methoxy groups -OCH3 is 1. The van der Waals surface area contributed by atoms with E-state index in [1.165, 1.54) is 0 Å². The lowest BCUT2D eigenvalue weighted by Crippen LogP contribution is -2.36. The van der Waals surface area contributed by atoms with Gasteiger partial charge in [-0.15, -0.1) is 0 Å². The Kier molecular flexibility index (Phi) is 9.24. The summed E-state index contributed by atoms with van der Waals surface area (Å²) in [4.78, 5) is 12.7. The summed E-state index contributed by atoms with van der Waals surface area (Å²) in [6, 6.07) is 0.439. The lowest BCUT2D eigenvalue weighted by Gasteiger charge is -2.27. The number of hydrogen-bond acceptors (Lipinski definition) is 3. The summed E-state index contributed by atoms with van der Waals surface area (Å²) in [5, 5.41) is 8.50. The first kappa shape index (κ1) is 15.4. The van der Waals surface area contributed by atoms with E-state index in [9.17, 15) is 4.79 Å². The third-order valence-electron chi connectivity index (χ3n) is 2.77. The van der Waals surface area contributed by atoms with Crippen molar-refractivity contribution in [2.45, 2.75) is 45.6 Å². The van der Waals surface area contributed by atoms with Crippen LogP contribution in [0.5, 0.6) is 0 Å². The first-order chi connectivity index (χ1) is 7.61. The Bertz CT molecular complexity index is 185. The summed E-state index contributed by atoms with van der Waals surface area (Å²) in [7, 11) is 1.72. The number of carboxylic acids is 1. The van der Waals surface area contributed by atoms with Crippen LogP contribution >= 0.6 is 0 Å². The second kappa shape index (κ2) is 9.60. The minimum Gasteiger partial charge on any atom is -0.481 e. The van der Waals surface area contributed by atoms with Crippen LogP contribution in [0.1, 0.15) is 39.5 Å². The summed E-state index contributed by atoms with van der Waals surface area (Å²) in [6.07, 6.45) is 3.13. The molecule has 0 saturated carbocycles. The minimum atomic E-state index is -0.694. The molecule has 0 aromatic rings. The molecule has 4 heteroatoms. The monoisotopic (exact) mass is 231 g/mol. The van der Waals surface area contributed by atoms with Gasteiger partial charge < -0.3 is 9.84 Å². The first-order valence-corrected chi connectivity index (χ1v) is 6.06. The number of carbonyl (C=O) groups is 1. The van der Waals surface area contributed by atoms with Crippen molar-refractivity contribution >= 4 is 5.97 Å². The van der Waals surface area contributed by atoms with Crippen LogP contribution < -0.4 is 0 Å². The van der Waals surface area contributed by atoms with Crippen LogP contribution in [0.4, 0.5) is 0 Å². The van der Waals surface area contributed by atoms with Gasteiger partial charge in [-0.25, -0.2) is 0 Å². The zero-order valence-electron chi connectivity index (χ0n) is 10.7. The average molecular weight is 231 g/mol. The third kappa shape index (κ3) is 7.65. The highest BCUT2D eigenvalue weighted by Crippen LogP contribution is 2.05. The van der Waals surface area contributed by atoms with E-state index in [4.69, 9.17) is 9.84 Å². The van der Waals surface area contributed by atoms with Crippen molar-refractivity contribution in [1.29, 1.82) is 0 Å². The molecule has 0 aliphatic rings.